The van der Waals surface area contributed by atoms with Crippen molar-refractivity contribution < 1.29 is 19.2 Å². The van der Waals surface area contributed by atoms with Gasteiger partial charge in [0.05, 0.1) is 6.04 Å². The van der Waals surface area contributed by atoms with Gasteiger partial charge in [-0.2, -0.15) is 0 Å². The van der Waals surface area contributed by atoms with Gasteiger partial charge in [0.1, 0.15) is 6.17 Å². The molecular weight excluding hydrogens is 456 g/mol. The van der Waals surface area contributed by atoms with Crippen LogP contribution in [-0.4, -0.2) is 40.7 Å². The highest BCUT2D eigenvalue weighted by Gasteiger charge is 2.62. The maximum absolute atomic E-state index is 15.9. The van der Waals surface area contributed by atoms with Crippen molar-refractivity contribution in [2.75, 3.05) is 0 Å². The first-order valence-electron chi connectivity index (χ1n) is 14.3. The number of alkyl halides is 1. The molecule has 0 bridgehead atoms. The Bertz CT molecular complexity index is 904. The first kappa shape index (κ1) is 26.3. The molecule has 1 aliphatic heterocycles. The number of carbonyl (C=O) groups excluding carboxylic acids is 1. The van der Waals surface area contributed by atoms with Crippen LogP contribution in [0.5, 0.6) is 0 Å². The minimum atomic E-state index is -1.53. The van der Waals surface area contributed by atoms with E-state index in [1.54, 1.807) is 0 Å². The normalized spacial score (nSPS) is 37.8. The van der Waals surface area contributed by atoms with E-state index in [0.717, 1.165) is 56.9 Å². The van der Waals surface area contributed by atoms with Crippen molar-refractivity contribution >= 4 is 12.9 Å². The maximum atomic E-state index is 15.9. The number of fused-ring (bicyclic) bond motifs is 1. The van der Waals surface area contributed by atoms with Crippen LogP contribution in [0.1, 0.15) is 94.1 Å². The van der Waals surface area contributed by atoms with Gasteiger partial charge in [-0.05, 0) is 80.1 Å². The summed E-state index contributed by atoms with van der Waals surface area (Å²) >= 11 is 0. The highest BCUT2D eigenvalue weighted by molar-refractivity contribution is 6.43. The molecule has 4 fully saturated rings. The highest BCUT2D eigenvalue weighted by Crippen LogP contribution is 2.53. The van der Waals surface area contributed by atoms with Gasteiger partial charge in [-0.25, -0.2) is 9.82 Å². The van der Waals surface area contributed by atoms with Gasteiger partial charge in [-0.3, -0.25) is 10.2 Å². The zero-order valence-corrected chi connectivity index (χ0v) is 21.4. The minimum absolute atomic E-state index is 0.0588. The van der Waals surface area contributed by atoms with E-state index in [0.29, 0.717) is 18.9 Å². The number of halogens is 1. The van der Waals surface area contributed by atoms with Crippen molar-refractivity contribution in [3.63, 3.8) is 0 Å². The minimum Gasteiger partial charge on any atom is -0.427 e. The summed E-state index contributed by atoms with van der Waals surface area (Å²) in [5.41, 5.74) is 14.4. The molecule has 6 N–H and O–H groups in total. The number of hydrazine groups is 1. The molecule has 1 saturated heterocycles. The lowest BCUT2D eigenvalue weighted by molar-refractivity contribution is -0.128. The Morgan fingerprint density at radius 2 is 1.81 bits per heavy atom. The Balaban J connectivity index is 1.31. The Morgan fingerprint density at radius 3 is 2.47 bits per heavy atom. The average molecular weight is 499 g/mol. The topological polar surface area (TPSA) is 108 Å². The predicted molar refractivity (Wildman–Crippen MR) is 140 cm³/mol. The molecule has 198 valence electrons. The molecule has 0 radical (unpaired) electrons. The molecule has 0 amide bonds. The number of nitrogens with two attached hydrogens (primary N) is 1. The van der Waals surface area contributed by atoms with Crippen LogP contribution in [0.25, 0.3) is 0 Å². The molecule has 1 heterocycles. The summed E-state index contributed by atoms with van der Waals surface area (Å²) in [5, 5.41) is 20.0. The van der Waals surface area contributed by atoms with Crippen LogP contribution < -0.4 is 16.6 Å². The van der Waals surface area contributed by atoms with Gasteiger partial charge in [-0.1, -0.05) is 49.9 Å². The fraction of sp³-hybridized carbons (Fsp3) is 0.750. The van der Waals surface area contributed by atoms with Crippen LogP contribution >= 0.6 is 0 Å². The lowest BCUT2D eigenvalue weighted by Crippen LogP contribution is -2.60. The quantitative estimate of drug-likeness (QED) is 0.301. The summed E-state index contributed by atoms with van der Waals surface area (Å²) in [6.07, 6.45) is 9.54. The molecule has 0 aromatic heterocycles. The van der Waals surface area contributed by atoms with Crippen LogP contribution in [0.2, 0.25) is 5.82 Å². The number of Topliss-reactive ketones (excluding diaryl/α,β-unsaturated/α-hetero) is 1. The zero-order chi connectivity index (χ0) is 25.3. The Kier molecular flexibility index (Phi) is 8.18. The van der Waals surface area contributed by atoms with Crippen molar-refractivity contribution in [1.29, 1.82) is 0 Å². The molecule has 5 unspecified atom stereocenters. The lowest BCUT2D eigenvalue weighted by Gasteiger charge is -2.49. The summed E-state index contributed by atoms with van der Waals surface area (Å²) < 4.78 is 15.9. The molecular formula is C28H43BFN3O3. The van der Waals surface area contributed by atoms with Gasteiger partial charge in [0.15, 0.2) is 5.78 Å². The van der Waals surface area contributed by atoms with E-state index in [1.165, 1.54) is 18.4 Å². The van der Waals surface area contributed by atoms with Crippen molar-refractivity contribution in [3.05, 3.63) is 35.4 Å². The Labute approximate surface area is 215 Å². The zero-order valence-electron chi connectivity index (χ0n) is 21.4. The number of rotatable bonds is 6. The second-order valence-corrected chi connectivity index (χ2v) is 12.0. The third kappa shape index (κ3) is 5.04. The van der Waals surface area contributed by atoms with E-state index in [9.17, 15) is 14.8 Å². The summed E-state index contributed by atoms with van der Waals surface area (Å²) in [5.74, 6) is -0.208. The summed E-state index contributed by atoms with van der Waals surface area (Å²) in [4.78, 5) is 13.9. The van der Waals surface area contributed by atoms with Gasteiger partial charge in [-0.15, -0.1) is 0 Å². The summed E-state index contributed by atoms with van der Waals surface area (Å²) in [6, 6.07) is 7.92. The smallest absolute Gasteiger partial charge is 0.427 e. The third-order valence-corrected chi connectivity index (χ3v) is 10.0. The van der Waals surface area contributed by atoms with Crippen LogP contribution in [0.3, 0.4) is 0 Å². The van der Waals surface area contributed by atoms with E-state index in [2.05, 4.69) is 35.1 Å². The third-order valence-electron chi connectivity index (χ3n) is 10.0. The average Bonchev–Trinajstić information content (AvgIpc) is 3.09. The molecule has 6 nitrogen and oxygen atoms in total. The molecule has 1 aromatic rings. The van der Waals surface area contributed by atoms with Crippen molar-refractivity contribution in [3.8, 4) is 0 Å². The molecule has 3 saturated carbocycles. The van der Waals surface area contributed by atoms with Gasteiger partial charge in [0.25, 0.3) is 0 Å². The van der Waals surface area contributed by atoms with Gasteiger partial charge < -0.3 is 15.8 Å². The molecule has 5 atom stereocenters. The van der Waals surface area contributed by atoms with Crippen LogP contribution in [0.15, 0.2) is 24.3 Å². The summed E-state index contributed by atoms with van der Waals surface area (Å²) in [6.45, 7) is 0.532. The second-order valence-electron chi connectivity index (χ2n) is 12.0. The standard InChI is InChI=1S/C28H43BFN3O3/c30-24-15-23(29(35)36)16-28(22-8-3-1-2-4-9-22)25(24)26(32-33-28)27(34)20-12-10-19(11-13-20)21-7-5-6-18(14-21)17-31/h5-7,14,19-20,22-26,32-33,35-36H,1-4,8-13,15-17,31H2. The van der Waals surface area contributed by atoms with Gasteiger partial charge >= 0.3 is 7.12 Å². The number of benzene rings is 1. The van der Waals surface area contributed by atoms with Crippen molar-refractivity contribution in [2.24, 2.45) is 23.5 Å². The van der Waals surface area contributed by atoms with E-state index >= 15 is 4.39 Å². The number of nitrogens with one attached hydrogen (secondary N) is 2. The first-order chi connectivity index (χ1) is 17.4. The van der Waals surface area contributed by atoms with Crippen molar-refractivity contribution in [2.45, 2.75) is 113 Å². The predicted octanol–water partition coefficient (Wildman–Crippen LogP) is 3.76. The highest BCUT2D eigenvalue weighted by atomic mass is 19.1. The Morgan fingerprint density at radius 1 is 1.08 bits per heavy atom. The molecule has 0 spiro atoms. The van der Waals surface area contributed by atoms with Gasteiger partial charge in [0.2, 0.25) is 0 Å². The Hall–Kier alpha value is -1.32. The van der Waals surface area contributed by atoms with Crippen LogP contribution in [0.4, 0.5) is 4.39 Å². The molecule has 36 heavy (non-hydrogen) atoms. The number of carbonyl (C=O) groups is 1. The number of hydrogen-bond donors (Lipinski definition) is 5. The lowest BCUT2D eigenvalue weighted by atomic mass is 9.52. The SMILES string of the molecule is NCc1cccc(C2CCC(C(=O)C3NNC4(C5CCCCCC5)CC(B(O)O)CC(F)C34)CC2)c1. The largest absolute Gasteiger partial charge is 0.454 e. The summed E-state index contributed by atoms with van der Waals surface area (Å²) in [7, 11) is -1.53. The fourth-order valence-electron chi connectivity index (χ4n) is 8.10. The van der Waals surface area contributed by atoms with E-state index < -0.39 is 36.6 Å². The van der Waals surface area contributed by atoms with E-state index in [1.807, 2.05) is 0 Å². The number of hydrogen-bond acceptors (Lipinski definition) is 6. The second kappa shape index (κ2) is 11.2. The first-order valence-corrected chi connectivity index (χ1v) is 14.3. The molecule has 5 rings (SSSR count). The van der Waals surface area contributed by atoms with Crippen LogP contribution in [0, 0.1) is 17.8 Å². The van der Waals surface area contributed by atoms with Gasteiger partial charge in [0, 0.05) is 23.9 Å². The van der Waals surface area contributed by atoms with E-state index in [4.69, 9.17) is 5.73 Å². The molecule has 3 aliphatic carbocycles. The van der Waals surface area contributed by atoms with Crippen LogP contribution in [-0.2, 0) is 11.3 Å². The molecule has 1 aromatic carbocycles. The number of ketones is 1. The fourth-order valence-corrected chi connectivity index (χ4v) is 8.10. The van der Waals surface area contributed by atoms with Crippen molar-refractivity contribution in [1.82, 2.24) is 10.9 Å². The maximum Gasteiger partial charge on any atom is 0.454 e. The monoisotopic (exact) mass is 499 g/mol. The van der Waals surface area contributed by atoms with E-state index in [-0.39, 0.29) is 24.0 Å². The molecule has 8 heteroatoms. The molecule has 4 aliphatic rings.